The molecule has 1 aliphatic rings. The molecule has 1 amide bonds. The molecule has 0 spiro atoms. The molecule has 0 aliphatic carbocycles. The number of rotatable bonds is 5. The predicted molar refractivity (Wildman–Crippen MR) is 98.9 cm³/mol. The van der Waals surface area contributed by atoms with Crippen molar-refractivity contribution in [1.82, 2.24) is 4.90 Å². The van der Waals surface area contributed by atoms with Crippen LogP contribution in [0.1, 0.15) is 30.7 Å². The number of carbonyl (C=O) groups excluding carboxylic acids is 1. The number of thiophene rings is 1. The fourth-order valence-electron chi connectivity index (χ4n) is 3.19. The third-order valence-corrected chi connectivity index (χ3v) is 6.36. The highest BCUT2D eigenvalue weighted by molar-refractivity contribution is 7.89. The minimum absolute atomic E-state index is 0.0180. The van der Waals surface area contributed by atoms with Gasteiger partial charge in [0.15, 0.2) is 0 Å². The molecular formula is C17H21N3O3S2. The van der Waals surface area contributed by atoms with Gasteiger partial charge in [-0.25, -0.2) is 13.6 Å². The van der Waals surface area contributed by atoms with Crippen LogP contribution in [0.2, 0.25) is 0 Å². The van der Waals surface area contributed by atoms with E-state index in [2.05, 4.69) is 21.7 Å². The lowest BCUT2D eigenvalue weighted by atomic mass is 10.1. The number of hydrogen-bond acceptors (Lipinski definition) is 5. The van der Waals surface area contributed by atoms with Gasteiger partial charge in [-0.3, -0.25) is 9.69 Å². The van der Waals surface area contributed by atoms with Gasteiger partial charge in [0.2, 0.25) is 15.9 Å². The third-order valence-electron chi connectivity index (χ3n) is 4.47. The summed E-state index contributed by atoms with van der Waals surface area (Å²) in [7, 11) is -3.80. The summed E-state index contributed by atoms with van der Waals surface area (Å²) in [5.41, 5.74) is 0.426. The van der Waals surface area contributed by atoms with Crippen molar-refractivity contribution < 1.29 is 13.2 Å². The zero-order chi connectivity index (χ0) is 18.0. The number of anilines is 1. The van der Waals surface area contributed by atoms with Crippen LogP contribution in [-0.4, -0.2) is 31.8 Å². The van der Waals surface area contributed by atoms with Gasteiger partial charge < -0.3 is 5.32 Å². The number of sulfonamides is 1. The molecule has 3 rings (SSSR count). The van der Waals surface area contributed by atoms with E-state index >= 15 is 0 Å². The summed E-state index contributed by atoms with van der Waals surface area (Å²) in [5, 5.41) is 9.99. The van der Waals surface area contributed by atoms with E-state index in [1.54, 1.807) is 23.5 Å². The van der Waals surface area contributed by atoms with Crippen LogP contribution in [0.3, 0.4) is 0 Å². The molecule has 2 atom stereocenters. The van der Waals surface area contributed by atoms with Crippen molar-refractivity contribution in [3.63, 3.8) is 0 Å². The van der Waals surface area contributed by atoms with Gasteiger partial charge >= 0.3 is 0 Å². The SMILES string of the molecule is C[C@H](C(=O)Nc1cccc(S(N)(=O)=O)c1)N1CCC[C@@H]1c1cccs1. The van der Waals surface area contributed by atoms with Crippen LogP contribution in [0.25, 0.3) is 0 Å². The number of nitrogens with zero attached hydrogens (tertiary/aromatic N) is 1. The van der Waals surface area contributed by atoms with Crippen LogP contribution in [-0.2, 0) is 14.8 Å². The Bertz CT molecular complexity index is 850. The molecule has 1 aliphatic heterocycles. The third kappa shape index (κ3) is 4.09. The van der Waals surface area contributed by atoms with Crippen molar-refractivity contribution in [3.8, 4) is 0 Å². The van der Waals surface area contributed by atoms with Gasteiger partial charge in [0.25, 0.3) is 0 Å². The van der Waals surface area contributed by atoms with Crippen molar-refractivity contribution in [2.45, 2.75) is 36.7 Å². The van der Waals surface area contributed by atoms with Crippen molar-refractivity contribution >= 4 is 33.0 Å². The summed E-state index contributed by atoms with van der Waals surface area (Å²) in [4.78, 5) is 16.1. The van der Waals surface area contributed by atoms with Gasteiger partial charge in [-0.05, 0) is 56.0 Å². The molecular weight excluding hydrogens is 358 g/mol. The lowest BCUT2D eigenvalue weighted by Gasteiger charge is -2.29. The Labute approximate surface area is 151 Å². The molecule has 2 heterocycles. The molecule has 6 nitrogen and oxygen atoms in total. The molecule has 134 valence electrons. The molecule has 8 heteroatoms. The average molecular weight is 380 g/mol. The minimum Gasteiger partial charge on any atom is -0.325 e. The first kappa shape index (κ1) is 18.1. The number of hydrogen-bond donors (Lipinski definition) is 2. The molecule has 1 aromatic carbocycles. The van der Waals surface area contributed by atoms with Gasteiger partial charge in [0, 0.05) is 16.6 Å². The van der Waals surface area contributed by atoms with E-state index in [9.17, 15) is 13.2 Å². The van der Waals surface area contributed by atoms with E-state index < -0.39 is 10.0 Å². The molecule has 0 radical (unpaired) electrons. The minimum atomic E-state index is -3.80. The Morgan fingerprint density at radius 3 is 2.84 bits per heavy atom. The molecule has 1 fully saturated rings. The number of nitrogens with one attached hydrogen (secondary N) is 1. The van der Waals surface area contributed by atoms with E-state index in [0.717, 1.165) is 19.4 Å². The number of nitrogens with two attached hydrogens (primary N) is 1. The number of amides is 1. The number of carbonyl (C=O) groups is 1. The zero-order valence-electron chi connectivity index (χ0n) is 13.9. The fourth-order valence-corrected chi connectivity index (χ4v) is 4.63. The number of primary sulfonamides is 1. The maximum absolute atomic E-state index is 12.6. The lowest BCUT2D eigenvalue weighted by Crippen LogP contribution is -2.41. The summed E-state index contributed by atoms with van der Waals surface area (Å²) < 4.78 is 22.9. The molecule has 0 unspecified atom stereocenters. The van der Waals surface area contributed by atoms with Gasteiger partial charge in [0.05, 0.1) is 10.9 Å². The largest absolute Gasteiger partial charge is 0.325 e. The van der Waals surface area contributed by atoms with E-state index in [0.29, 0.717) is 5.69 Å². The molecule has 1 aromatic heterocycles. The predicted octanol–water partition coefficient (Wildman–Crippen LogP) is 2.56. The molecule has 0 saturated carbocycles. The van der Waals surface area contributed by atoms with Crippen molar-refractivity contribution in [2.75, 3.05) is 11.9 Å². The van der Waals surface area contributed by atoms with Crippen LogP contribution < -0.4 is 10.5 Å². The monoisotopic (exact) mass is 379 g/mol. The van der Waals surface area contributed by atoms with Crippen LogP contribution in [0.15, 0.2) is 46.7 Å². The standard InChI is InChI=1S/C17H21N3O3S2/c1-12(20-9-3-7-15(20)16-8-4-10-24-16)17(21)19-13-5-2-6-14(11-13)25(18,22)23/h2,4-6,8,10-12,15H,3,7,9H2,1H3,(H,19,21)(H2,18,22,23)/t12-,15-/m1/s1. The van der Waals surface area contributed by atoms with Gasteiger partial charge in [0.1, 0.15) is 0 Å². The first-order valence-corrected chi connectivity index (χ1v) is 10.5. The summed E-state index contributed by atoms with van der Waals surface area (Å²) in [6.45, 7) is 2.75. The summed E-state index contributed by atoms with van der Waals surface area (Å²) in [6.07, 6.45) is 2.10. The van der Waals surface area contributed by atoms with Gasteiger partial charge in [-0.1, -0.05) is 12.1 Å². The van der Waals surface area contributed by atoms with Crippen LogP contribution in [0.4, 0.5) is 5.69 Å². The maximum Gasteiger partial charge on any atom is 0.241 e. The summed E-state index contributed by atoms with van der Waals surface area (Å²) >= 11 is 1.71. The molecule has 1 saturated heterocycles. The molecule has 3 N–H and O–H groups in total. The quantitative estimate of drug-likeness (QED) is 0.835. The van der Waals surface area contributed by atoms with Gasteiger partial charge in [-0.2, -0.15) is 0 Å². The van der Waals surface area contributed by atoms with Crippen LogP contribution in [0.5, 0.6) is 0 Å². The Morgan fingerprint density at radius 2 is 2.16 bits per heavy atom. The van der Waals surface area contributed by atoms with Crippen molar-refractivity contribution in [3.05, 3.63) is 46.7 Å². The summed E-state index contributed by atoms with van der Waals surface area (Å²) in [5.74, 6) is -0.157. The molecule has 0 bridgehead atoms. The second-order valence-electron chi connectivity index (χ2n) is 6.15. The van der Waals surface area contributed by atoms with Crippen LogP contribution in [0, 0.1) is 0 Å². The number of benzene rings is 1. The first-order chi connectivity index (χ1) is 11.9. The Kier molecular flexibility index (Phi) is 5.24. The topological polar surface area (TPSA) is 92.5 Å². The van der Waals surface area contributed by atoms with E-state index in [1.165, 1.54) is 17.0 Å². The second-order valence-corrected chi connectivity index (χ2v) is 8.69. The zero-order valence-corrected chi connectivity index (χ0v) is 15.5. The van der Waals surface area contributed by atoms with E-state index in [1.807, 2.05) is 13.0 Å². The van der Waals surface area contributed by atoms with Crippen molar-refractivity contribution in [1.29, 1.82) is 0 Å². The van der Waals surface area contributed by atoms with Crippen LogP contribution >= 0.6 is 11.3 Å². The smallest absolute Gasteiger partial charge is 0.241 e. The first-order valence-electron chi connectivity index (χ1n) is 8.09. The van der Waals surface area contributed by atoms with Crippen molar-refractivity contribution in [2.24, 2.45) is 5.14 Å². The fraction of sp³-hybridized carbons (Fsp3) is 0.353. The maximum atomic E-state index is 12.6. The lowest BCUT2D eigenvalue weighted by molar-refractivity contribution is -0.121. The Hall–Kier alpha value is -1.74. The highest BCUT2D eigenvalue weighted by Gasteiger charge is 2.33. The van der Waals surface area contributed by atoms with Gasteiger partial charge in [-0.15, -0.1) is 11.3 Å². The highest BCUT2D eigenvalue weighted by atomic mass is 32.2. The Balaban J connectivity index is 1.73. The average Bonchev–Trinajstić information content (AvgIpc) is 3.24. The normalized spacial score (nSPS) is 19.7. The second kappa shape index (κ2) is 7.25. The highest BCUT2D eigenvalue weighted by Crippen LogP contribution is 2.36. The molecule has 2 aromatic rings. The number of likely N-dealkylation sites (tertiary alicyclic amines) is 1. The molecule has 25 heavy (non-hydrogen) atoms. The Morgan fingerprint density at radius 1 is 1.36 bits per heavy atom. The summed E-state index contributed by atoms with van der Waals surface area (Å²) in [6, 6.07) is 10.1. The van der Waals surface area contributed by atoms with E-state index in [4.69, 9.17) is 5.14 Å². The van der Waals surface area contributed by atoms with E-state index in [-0.39, 0.29) is 22.9 Å².